The summed E-state index contributed by atoms with van der Waals surface area (Å²) < 4.78 is 17.6. The highest BCUT2D eigenvalue weighted by Crippen LogP contribution is 2.11. The fraction of sp³-hybridized carbons (Fsp3) is 0.231. The molecule has 1 rings (SSSR count). The molecule has 5 heteroatoms. The Morgan fingerprint density at radius 1 is 1.39 bits per heavy atom. The molecule has 1 aromatic carbocycles. The lowest BCUT2D eigenvalue weighted by molar-refractivity contribution is -0.139. The van der Waals surface area contributed by atoms with Crippen LogP contribution in [0.4, 0.5) is 0 Å². The van der Waals surface area contributed by atoms with Crippen LogP contribution in [0.15, 0.2) is 36.4 Å². The first-order valence-electron chi connectivity index (χ1n) is 5.71. The summed E-state index contributed by atoms with van der Waals surface area (Å²) in [6.45, 7) is 5.08. The van der Waals surface area contributed by atoms with E-state index in [1.54, 1.807) is 0 Å². The van der Waals surface area contributed by atoms with Crippen molar-refractivity contribution in [1.29, 1.82) is 0 Å². The number of carboxylic acids is 1. The van der Waals surface area contributed by atoms with E-state index in [9.17, 15) is 9.59 Å². The van der Waals surface area contributed by atoms with Crippen molar-refractivity contribution in [2.24, 2.45) is 0 Å². The molecule has 0 bridgehead atoms. The largest absolute Gasteiger partial charge is 0.490 e. The summed E-state index contributed by atoms with van der Waals surface area (Å²) in [5.74, 6) is -1.37. The van der Waals surface area contributed by atoms with Crippen LogP contribution in [-0.2, 0) is 9.53 Å². The molecule has 0 saturated heterocycles. The van der Waals surface area contributed by atoms with Crippen molar-refractivity contribution in [1.82, 2.24) is 0 Å². The zero-order valence-electron chi connectivity index (χ0n) is 10.9. The first-order chi connectivity index (χ1) is 8.91. The molecule has 5 nitrogen and oxygen atoms in total. The SMILES string of the molecule is [2H]c1cc(C(=O)O)ccc1OCCOC(=O)C(=C)C. The zero-order valence-corrected chi connectivity index (χ0v) is 9.93. The Morgan fingerprint density at radius 3 is 2.67 bits per heavy atom. The summed E-state index contributed by atoms with van der Waals surface area (Å²) in [5, 5.41) is 8.74. The van der Waals surface area contributed by atoms with Gasteiger partial charge in [0.25, 0.3) is 0 Å². The van der Waals surface area contributed by atoms with Gasteiger partial charge in [-0.3, -0.25) is 0 Å². The van der Waals surface area contributed by atoms with Crippen molar-refractivity contribution in [2.45, 2.75) is 6.92 Å². The lowest BCUT2D eigenvalue weighted by atomic mass is 10.2. The Bertz CT molecular complexity index is 510. The average Bonchev–Trinajstić information content (AvgIpc) is 2.35. The molecule has 0 aliphatic carbocycles. The van der Waals surface area contributed by atoms with Crippen molar-refractivity contribution in [3.63, 3.8) is 0 Å². The van der Waals surface area contributed by atoms with Gasteiger partial charge in [-0.1, -0.05) is 6.58 Å². The number of carboxylic acid groups (broad SMARTS) is 1. The molecule has 96 valence electrons. The van der Waals surface area contributed by atoms with Crippen molar-refractivity contribution in [3.05, 3.63) is 42.0 Å². The van der Waals surface area contributed by atoms with E-state index >= 15 is 0 Å². The first-order valence-corrected chi connectivity index (χ1v) is 5.21. The molecule has 1 aromatic rings. The molecule has 0 atom stereocenters. The van der Waals surface area contributed by atoms with E-state index in [0.717, 1.165) is 0 Å². The third-order valence-electron chi connectivity index (χ3n) is 1.95. The summed E-state index contributed by atoms with van der Waals surface area (Å²) >= 11 is 0. The van der Waals surface area contributed by atoms with Crippen molar-refractivity contribution < 1.29 is 25.5 Å². The second-order valence-electron chi connectivity index (χ2n) is 3.51. The summed E-state index contributed by atoms with van der Waals surface area (Å²) in [5.41, 5.74) is 0.318. The number of ether oxygens (including phenoxy) is 2. The molecule has 0 amide bonds. The van der Waals surface area contributed by atoms with Crippen LogP contribution in [0.2, 0.25) is 0 Å². The molecule has 0 saturated carbocycles. The van der Waals surface area contributed by atoms with Crippen LogP contribution in [0.5, 0.6) is 5.75 Å². The van der Waals surface area contributed by atoms with Crippen molar-refractivity contribution in [3.8, 4) is 5.75 Å². The lowest BCUT2D eigenvalue weighted by Crippen LogP contribution is -2.12. The second-order valence-corrected chi connectivity index (χ2v) is 3.51. The standard InChI is InChI=1S/C13H14O5/c1-9(2)13(16)18-8-7-17-11-5-3-10(4-6-11)12(14)15/h3-6H,1,7-8H2,2H3,(H,14,15)/i5D. The molecule has 0 aliphatic rings. The monoisotopic (exact) mass is 251 g/mol. The summed E-state index contributed by atoms with van der Waals surface area (Å²) in [6, 6.07) is 3.89. The fourth-order valence-electron chi connectivity index (χ4n) is 1.04. The van der Waals surface area contributed by atoms with E-state index in [1.165, 1.54) is 25.1 Å². The van der Waals surface area contributed by atoms with E-state index in [1.807, 2.05) is 0 Å². The Hall–Kier alpha value is -2.30. The van der Waals surface area contributed by atoms with Gasteiger partial charge in [0.1, 0.15) is 19.0 Å². The van der Waals surface area contributed by atoms with Crippen molar-refractivity contribution in [2.75, 3.05) is 13.2 Å². The van der Waals surface area contributed by atoms with Gasteiger partial charge in [0, 0.05) is 5.57 Å². The van der Waals surface area contributed by atoms with E-state index in [-0.39, 0.29) is 30.6 Å². The zero-order chi connectivity index (χ0) is 14.4. The maximum absolute atomic E-state index is 11.1. The minimum Gasteiger partial charge on any atom is -0.490 e. The van der Waals surface area contributed by atoms with Gasteiger partial charge in [-0.2, -0.15) is 0 Å². The second kappa shape index (κ2) is 6.44. The van der Waals surface area contributed by atoms with Crippen LogP contribution in [-0.4, -0.2) is 30.3 Å². The number of rotatable bonds is 6. The minimum absolute atomic E-state index is 0.0195. The topological polar surface area (TPSA) is 72.8 Å². The summed E-state index contributed by atoms with van der Waals surface area (Å²) in [7, 11) is 0. The molecular weight excluding hydrogens is 236 g/mol. The molecule has 0 fully saturated rings. The number of carbonyl (C=O) groups excluding carboxylic acids is 1. The van der Waals surface area contributed by atoms with E-state index in [0.29, 0.717) is 5.57 Å². The van der Waals surface area contributed by atoms with Crippen LogP contribution in [0.3, 0.4) is 0 Å². The highest BCUT2D eigenvalue weighted by atomic mass is 16.6. The molecule has 18 heavy (non-hydrogen) atoms. The molecule has 0 radical (unpaired) electrons. The van der Waals surface area contributed by atoms with Gasteiger partial charge in [-0.15, -0.1) is 0 Å². The Morgan fingerprint density at radius 2 is 2.11 bits per heavy atom. The smallest absolute Gasteiger partial charge is 0.335 e. The van der Waals surface area contributed by atoms with Crippen LogP contribution >= 0.6 is 0 Å². The van der Waals surface area contributed by atoms with Gasteiger partial charge >= 0.3 is 11.9 Å². The number of esters is 1. The Balaban J connectivity index is 2.48. The molecule has 0 aromatic heterocycles. The number of benzene rings is 1. The average molecular weight is 251 g/mol. The number of hydrogen-bond acceptors (Lipinski definition) is 4. The van der Waals surface area contributed by atoms with Gasteiger partial charge < -0.3 is 14.6 Å². The summed E-state index contributed by atoms with van der Waals surface area (Å²) in [4.78, 5) is 21.7. The molecule has 1 N–H and O–H groups in total. The van der Waals surface area contributed by atoms with Gasteiger partial charge in [0.15, 0.2) is 0 Å². The predicted molar refractivity (Wildman–Crippen MR) is 64.7 cm³/mol. The van der Waals surface area contributed by atoms with Gasteiger partial charge in [-0.25, -0.2) is 9.59 Å². The van der Waals surface area contributed by atoms with E-state index < -0.39 is 11.9 Å². The van der Waals surface area contributed by atoms with Crippen molar-refractivity contribution >= 4 is 11.9 Å². The lowest BCUT2D eigenvalue weighted by Gasteiger charge is -2.07. The number of carbonyl (C=O) groups is 2. The Labute approximate surface area is 106 Å². The first kappa shape index (κ1) is 12.2. The van der Waals surface area contributed by atoms with Gasteiger partial charge in [0.2, 0.25) is 0 Å². The highest BCUT2D eigenvalue weighted by molar-refractivity contribution is 5.87. The maximum atomic E-state index is 11.1. The van der Waals surface area contributed by atoms with Crippen LogP contribution in [0.1, 0.15) is 18.7 Å². The normalized spacial score (nSPS) is 10.4. The molecule has 0 aliphatic heterocycles. The number of aromatic carboxylic acids is 1. The quantitative estimate of drug-likeness (QED) is 0.475. The van der Waals surface area contributed by atoms with Gasteiger partial charge in [-0.05, 0) is 31.2 Å². The van der Waals surface area contributed by atoms with Crippen LogP contribution in [0.25, 0.3) is 0 Å². The predicted octanol–water partition coefficient (Wildman–Crippen LogP) is 1.88. The van der Waals surface area contributed by atoms with Crippen LogP contribution in [0, 0.1) is 0 Å². The van der Waals surface area contributed by atoms with Gasteiger partial charge in [0.05, 0.1) is 6.93 Å². The number of hydrogen-bond donors (Lipinski definition) is 1. The Kier molecular flexibility index (Phi) is 4.35. The molecule has 0 heterocycles. The summed E-state index contributed by atoms with van der Waals surface area (Å²) in [6.07, 6.45) is 0. The molecule has 0 spiro atoms. The molecule has 0 unspecified atom stereocenters. The highest BCUT2D eigenvalue weighted by Gasteiger charge is 2.04. The molecular formula is C13H14O5. The minimum atomic E-state index is -1.10. The van der Waals surface area contributed by atoms with E-state index in [2.05, 4.69) is 6.58 Å². The fourth-order valence-corrected chi connectivity index (χ4v) is 1.04. The maximum Gasteiger partial charge on any atom is 0.335 e. The third kappa shape index (κ3) is 4.29. The van der Waals surface area contributed by atoms with E-state index in [4.69, 9.17) is 16.0 Å². The van der Waals surface area contributed by atoms with Crippen LogP contribution < -0.4 is 4.74 Å². The third-order valence-corrected chi connectivity index (χ3v) is 1.95.